The molecule has 1 aromatic heterocycles. The van der Waals surface area contributed by atoms with E-state index in [4.69, 9.17) is 9.47 Å². The molecule has 7 heteroatoms. The molecular weight excluding hydrogens is 350 g/mol. The first-order valence-corrected chi connectivity index (χ1v) is 9.33. The number of para-hydroxylation sites is 1. The second-order valence-electron chi connectivity index (χ2n) is 6.05. The zero-order valence-electron chi connectivity index (χ0n) is 14.3. The highest BCUT2D eigenvalue weighted by Gasteiger charge is 2.17. The van der Waals surface area contributed by atoms with Crippen LogP contribution in [0.5, 0.6) is 11.5 Å². The van der Waals surface area contributed by atoms with Crippen LogP contribution in [0.1, 0.15) is 13.3 Å². The molecule has 0 aliphatic carbocycles. The van der Waals surface area contributed by atoms with E-state index in [1.54, 1.807) is 6.07 Å². The number of hydrogen-bond donors (Lipinski definition) is 2. The Balaban J connectivity index is 1.43. The van der Waals surface area contributed by atoms with E-state index in [9.17, 15) is 4.79 Å². The number of rotatable bonds is 4. The van der Waals surface area contributed by atoms with Gasteiger partial charge in [0.1, 0.15) is 6.04 Å². The minimum atomic E-state index is -0.424. The summed E-state index contributed by atoms with van der Waals surface area (Å²) in [5, 5.41) is 6.80. The maximum absolute atomic E-state index is 12.5. The van der Waals surface area contributed by atoms with Gasteiger partial charge in [-0.3, -0.25) is 4.79 Å². The van der Waals surface area contributed by atoms with Crippen molar-refractivity contribution in [2.75, 3.05) is 23.8 Å². The van der Waals surface area contributed by atoms with E-state index in [0.29, 0.717) is 30.4 Å². The third-order valence-electron chi connectivity index (χ3n) is 4.04. The number of anilines is 2. The monoisotopic (exact) mass is 369 g/mol. The molecule has 1 aliphatic heterocycles. The molecule has 0 fully saturated rings. The van der Waals surface area contributed by atoms with Gasteiger partial charge in [0.25, 0.3) is 0 Å². The average Bonchev–Trinajstić information content (AvgIpc) is 2.90. The molecular formula is C19H19N3O3S. The van der Waals surface area contributed by atoms with Gasteiger partial charge in [0.2, 0.25) is 5.91 Å². The number of aromatic nitrogens is 1. The van der Waals surface area contributed by atoms with Crippen molar-refractivity contribution < 1.29 is 14.3 Å². The number of carbonyl (C=O) groups is 1. The SMILES string of the molecule is C[C@@H](Nc1nc2ccccc2s1)C(=O)Nc1ccc2c(c1)OCCCO2. The lowest BCUT2D eigenvalue weighted by molar-refractivity contribution is -0.116. The predicted octanol–water partition coefficient (Wildman–Crippen LogP) is 3.90. The molecule has 0 unspecified atom stereocenters. The van der Waals surface area contributed by atoms with Crippen LogP contribution < -0.4 is 20.1 Å². The van der Waals surface area contributed by atoms with Gasteiger partial charge in [-0.1, -0.05) is 23.5 Å². The summed E-state index contributed by atoms with van der Waals surface area (Å²) in [6.07, 6.45) is 0.847. The van der Waals surface area contributed by atoms with Gasteiger partial charge in [-0.15, -0.1) is 0 Å². The highest BCUT2D eigenvalue weighted by atomic mass is 32.1. The fourth-order valence-electron chi connectivity index (χ4n) is 2.68. The fourth-order valence-corrected chi connectivity index (χ4v) is 3.63. The second-order valence-corrected chi connectivity index (χ2v) is 7.08. The van der Waals surface area contributed by atoms with Crippen LogP contribution in [0.15, 0.2) is 42.5 Å². The summed E-state index contributed by atoms with van der Waals surface area (Å²) in [5.74, 6) is 1.23. The molecule has 4 rings (SSSR count). The van der Waals surface area contributed by atoms with Crippen LogP contribution in [-0.2, 0) is 4.79 Å². The number of carbonyl (C=O) groups excluding carboxylic acids is 1. The lowest BCUT2D eigenvalue weighted by Crippen LogP contribution is -2.31. The largest absolute Gasteiger partial charge is 0.490 e. The van der Waals surface area contributed by atoms with Crippen LogP contribution >= 0.6 is 11.3 Å². The summed E-state index contributed by atoms with van der Waals surface area (Å²) >= 11 is 1.53. The second kappa shape index (κ2) is 7.21. The normalized spacial score (nSPS) is 14.5. The Morgan fingerprint density at radius 3 is 2.81 bits per heavy atom. The van der Waals surface area contributed by atoms with Crippen molar-refractivity contribution in [3.05, 3.63) is 42.5 Å². The minimum absolute atomic E-state index is 0.140. The Morgan fingerprint density at radius 1 is 1.15 bits per heavy atom. The zero-order valence-corrected chi connectivity index (χ0v) is 15.1. The van der Waals surface area contributed by atoms with Crippen molar-refractivity contribution in [1.29, 1.82) is 0 Å². The van der Waals surface area contributed by atoms with Crippen LogP contribution in [0, 0.1) is 0 Å². The lowest BCUT2D eigenvalue weighted by atomic mass is 10.2. The standard InChI is InChI=1S/C19H19N3O3S/c1-12(20-19-22-14-5-2-3-6-17(14)26-19)18(23)21-13-7-8-15-16(11-13)25-10-4-9-24-15/h2-3,5-8,11-12H,4,9-10H2,1H3,(H,20,22)(H,21,23)/t12-/m1/s1. The Labute approximate surface area is 155 Å². The van der Waals surface area contributed by atoms with E-state index in [-0.39, 0.29) is 5.91 Å². The van der Waals surface area contributed by atoms with Crippen molar-refractivity contribution in [3.63, 3.8) is 0 Å². The Hall–Kier alpha value is -2.80. The van der Waals surface area contributed by atoms with Crippen LogP contribution in [-0.4, -0.2) is 30.1 Å². The molecule has 1 atom stereocenters. The molecule has 0 spiro atoms. The molecule has 0 saturated carbocycles. The van der Waals surface area contributed by atoms with Crippen LogP contribution in [0.2, 0.25) is 0 Å². The van der Waals surface area contributed by atoms with E-state index < -0.39 is 6.04 Å². The van der Waals surface area contributed by atoms with Gasteiger partial charge >= 0.3 is 0 Å². The molecule has 2 N–H and O–H groups in total. The Bertz CT molecular complexity index is 908. The lowest BCUT2D eigenvalue weighted by Gasteiger charge is -2.14. The third kappa shape index (κ3) is 3.57. The van der Waals surface area contributed by atoms with Gasteiger partial charge in [-0.25, -0.2) is 4.98 Å². The van der Waals surface area contributed by atoms with Crippen molar-refractivity contribution in [2.24, 2.45) is 0 Å². The van der Waals surface area contributed by atoms with Gasteiger partial charge in [0.15, 0.2) is 16.6 Å². The van der Waals surface area contributed by atoms with Crippen molar-refractivity contribution >= 4 is 38.3 Å². The molecule has 134 valence electrons. The maximum atomic E-state index is 12.5. The van der Waals surface area contributed by atoms with E-state index in [0.717, 1.165) is 21.8 Å². The summed E-state index contributed by atoms with van der Waals surface area (Å²) in [6.45, 7) is 3.06. The highest BCUT2D eigenvalue weighted by molar-refractivity contribution is 7.22. The first-order chi connectivity index (χ1) is 12.7. The fraction of sp³-hybridized carbons (Fsp3) is 0.263. The van der Waals surface area contributed by atoms with Crippen molar-refractivity contribution in [3.8, 4) is 11.5 Å². The molecule has 2 aromatic carbocycles. The number of fused-ring (bicyclic) bond motifs is 2. The summed E-state index contributed by atoms with van der Waals surface area (Å²) < 4.78 is 12.4. The minimum Gasteiger partial charge on any atom is -0.490 e. The average molecular weight is 369 g/mol. The number of hydrogen-bond acceptors (Lipinski definition) is 6. The molecule has 6 nitrogen and oxygen atoms in total. The number of thiazole rings is 1. The number of ether oxygens (including phenoxy) is 2. The van der Waals surface area contributed by atoms with E-state index in [2.05, 4.69) is 15.6 Å². The molecule has 26 heavy (non-hydrogen) atoms. The maximum Gasteiger partial charge on any atom is 0.246 e. The predicted molar refractivity (Wildman–Crippen MR) is 103 cm³/mol. The summed E-state index contributed by atoms with van der Waals surface area (Å²) in [4.78, 5) is 17.0. The Morgan fingerprint density at radius 2 is 1.96 bits per heavy atom. The van der Waals surface area contributed by atoms with Gasteiger partial charge in [-0.05, 0) is 31.2 Å². The van der Waals surface area contributed by atoms with Gasteiger partial charge in [0, 0.05) is 18.2 Å². The zero-order chi connectivity index (χ0) is 17.9. The van der Waals surface area contributed by atoms with Gasteiger partial charge in [0.05, 0.1) is 23.4 Å². The summed E-state index contributed by atoms with van der Waals surface area (Å²) in [5.41, 5.74) is 1.60. The van der Waals surface area contributed by atoms with Crippen LogP contribution in [0.3, 0.4) is 0 Å². The van der Waals surface area contributed by atoms with Crippen LogP contribution in [0.4, 0.5) is 10.8 Å². The van der Waals surface area contributed by atoms with E-state index in [1.807, 2.05) is 43.3 Å². The smallest absolute Gasteiger partial charge is 0.246 e. The van der Waals surface area contributed by atoms with Gasteiger partial charge < -0.3 is 20.1 Å². The summed E-state index contributed by atoms with van der Waals surface area (Å²) in [6, 6.07) is 12.9. The number of amides is 1. The van der Waals surface area contributed by atoms with Gasteiger partial charge in [-0.2, -0.15) is 0 Å². The molecule has 1 amide bonds. The van der Waals surface area contributed by atoms with Crippen LogP contribution in [0.25, 0.3) is 10.2 Å². The molecule has 0 radical (unpaired) electrons. The number of nitrogens with zero attached hydrogens (tertiary/aromatic N) is 1. The number of nitrogens with one attached hydrogen (secondary N) is 2. The van der Waals surface area contributed by atoms with E-state index >= 15 is 0 Å². The van der Waals surface area contributed by atoms with Crippen molar-refractivity contribution in [2.45, 2.75) is 19.4 Å². The molecule has 0 saturated heterocycles. The molecule has 0 bridgehead atoms. The van der Waals surface area contributed by atoms with E-state index in [1.165, 1.54) is 11.3 Å². The molecule has 3 aromatic rings. The van der Waals surface area contributed by atoms with Crippen molar-refractivity contribution in [1.82, 2.24) is 4.98 Å². The number of benzene rings is 2. The highest BCUT2D eigenvalue weighted by Crippen LogP contribution is 2.32. The topological polar surface area (TPSA) is 72.5 Å². The third-order valence-corrected chi connectivity index (χ3v) is 5.01. The summed E-state index contributed by atoms with van der Waals surface area (Å²) in [7, 11) is 0. The first kappa shape index (κ1) is 16.7. The molecule has 1 aliphatic rings. The molecule has 2 heterocycles. The Kier molecular flexibility index (Phi) is 4.62. The first-order valence-electron chi connectivity index (χ1n) is 8.52. The quantitative estimate of drug-likeness (QED) is 0.730.